The average molecular weight is 369 g/mol. The first-order valence-electron chi connectivity index (χ1n) is 8.18. The molecule has 0 fully saturated rings. The highest BCUT2D eigenvalue weighted by molar-refractivity contribution is 5.86. The van der Waals surface area contributed by atoms with E-state index in [4.69, 9.17) is 9.26 Å². The van der Waals surface area contributed by atoms with E-state index in [0.29, 0.717) is 16.8 Å². The van der Waals surface area contributed by atoms with Crippen LogP contribution >= 0.6 is 0 Å². The van der Waals surface area contributed by atoms with Crippen molar-refractivity contribution in [3.63, 3.8) is 0 Å². The number of benzene rings is 2. The molecule has 0 saturated heterocycles. The molecule has 27 heavy (non-hydrogen) atoms. The summed E-state index contributed by atoms with van der Waals surface area (Å²) in [7, 11) is 0. The molecule has 0 aliphatic carbocycles. The maximum atomic E-state index is 11.8. The van der Waals surface area contributed by atoms with Gasteiger partial charge in [0.2, 0.25) is 5.82 Å². The van der Waals surface area contributed by atoms with E-state index in [1.165, 1.54) is 18.2 Å². The van der Waals surface area contributed by atoms with Gasteiger partial charge >= 0.3 is 6.09 Å². The largest absolute Gasteiger partial charge is 0.507 e. The standard InChI is InChI=1S/C19H19N3O5/c1-19(2,3)26-18(25)20-11-8-9-13(15(24)10-11)17-21-16(22-27-17)12-6-4-5-7-14(12)23/h4-10,23-24H,1-3H3,(H,20,25). The van der Waals surface area contributed by atoms with Crippen LogP contribution in [0.3, 0.4) is 0 Å². The zero-order valence-corrected chi connectivity index (χ0v) is 15.1. The van der Waals surface area contributed by atoms with Gasteiger partial charge in [0.25, 0.3) is 5.89 Å². The summed E-state index contributed by atoms with van der Waals surface area (Å²) in [6.07, 6.45) is -0.630. The van der Waals surface area contributed by atoms with Crippen molar-refractivity contribution < 1.29 is 24.3 Å². The molecule has 1 amide bonds. The summed E-state index contributed by atoms with van der Waals surface area (Å²) in [5, 5.41) is 26.5. The monoisotopic (exact) mass is 369 g/mol. The number of phenolic OH excluding ortho intramolecular Hbond substituents is 2. The highest BCUT2D eigenvalue weighted by atomic mass is 16.6. The number of ether oxygens (including phenoxy) is 1. The Hall–Kier alpha value is -3.55. The van der Waals surface area contributed by atoms with Gasteiger partial charge < -0.3 is 19.5 Å². The summed E-state index contributed by atoms with van der Waals surface area (Å²) >= 11 is 0. The van der Waals surface area contributed by atoms with Crippen molar-refractivity contribution in [3.05, 3.63) is 42.5 Å². The third-order valence-electron chi connectivity index (χ3n) is 3.44. The summed E-state index contributed by atoms with van der Waals surface area (Å²) in [6.45, 7) is 5.26. The molecule has 8 heteroatoms. The van der Waals surface area contributed by atoms with Crippen molar-refractivity contribution in [2.45, 2.75) is 26.4 Å². The van der Waals surface area contributed by atoms with E-state index < -0.39 is 11.7 Å². The van der Waals surface area contributed by atoms with Crippen LogP contribution in [-0.4, -0.2) is 32.0 Å². The van der Waals surface area contributed by atoms with Crippen LogP contribution in [0.25, 0.3) is 22.8 Å². The Morgan fingerprint density at radius 1 is 1.07 bits per heavy atom. The first-order valence-corrected chi connectivity index (χ1v) is 8.18. The van der Waals surface area contributed by atoms with E-state index in [2.05, 4.69) is 15.5 Å². The van der Waals surface area contributed by atoms with Crippen LogP contribution < -0.4 is 5.32 Å². The van der Waals surface area contributed by atoms with E-state index in [0.717, 1.165) is 0 Å². The number of para-hydroxylation sites is 1. The molecule has 1 aromatic heterocycles. The fourth-order valence-corrected chi connectivity index (χ4v) is 2.32. The molecule has 0 saturated carbocycles. The van der Waals surface area contributed by atoms with Crippen LogP contribution in [0.1, 0.15) is 20.8 Å². The normalized spacial score (nSPS) is 11.2. The van der Waals surface area contributed by atoms with Gasteiger partial charge in [-0.1, -0.05) is 17.3 Å². The highest BCUT2D eigenvalue weighted by Crippen LogP contribution is 2.33. The van der Waals surface area contributed by atoms with Gasteiger partial charge in [-0.3, -0.25) is 5.32 Å². The van der Waals surface area contributed by atoms with Crippen molar-refractivity contribution in [2.24, 2.45) is 0 Å². The molecule has 0 atom stereocenters. The number of hydrogen-bond donors (Lipinski definition) is 3. The smallest absolute Gasteiger partial charge is 0.412 e. The van der Waals surface area contributed by atoms with Gasteiger partial charge in [-0.25, -0.2) is 4.79 Å². The minimum absolute atomic E-state index is 0.0194. The molecule has 2 aromatic carbocycles. The van der Waals surface area contributed by atoms with Crippen LogP contribution in [0.15, 0.2) is 47.0 Å². The lowest BCUT2D eigenvalue weighted by Crippen LogP contribution is -2.27. The van der Waals surface area contributed by atoms with Gasteiger partial charge in [0.1, 0.15) is 17.1 Å². The summed E-state index contributed by atoms with van der Waals surface area (Å²) in [5.74, 6) is 0.134. The van der Waals surface area contributed by atoms with Crippen LogP contribution in [0.5, 0.6) is 11.5 Å². The quantitative estimate of drug-likeness (QED) is 0.634. The fraction of sp³-hybridized carbons (Fsp3) is 0.211. The van der Waals surface area contributed by atoms with Gasteiger partial charge in [0.05, 0.1) is 11.1 Å². The lowest BCUT2D eigenvalue weighted by molar-refractivity contribution is 0.0636. The second kappa shape index (κ2) is 6.99. The predicted molar refractivity (Wildman–Crippen MR) is 98.4 cm³/mol. The van der Waals surface area contributed by atoms with E-state index in [1.54, 1.807) is 45.0 Å². The fourth-order valence-electron chi connectivity index (χ4n) is 2.32. The number of carbonyl (C=O) groups excluding carboxylic acids is 1. The van der Waals surface area contributed by atoms with Crippen molar-refractivity contribution >= 4 is 11.8 Å². The van der Waals surface area contributed by atoms with Crippen molar-refractivity contribution in [2.75, 3.05) is 5.32 Å². The molecule has 8 nitrogen and oxygen atoms in total. The highest BCUT2D eigenvalue weighted by Gasteiger charge is 2.18. The number of aromatic nitrogens is 2. The van der Waals surface area contributed by atoms with Crippen molar-refractivity contribution in [1.29, 1.82) is 0 Å². The average Bonchev–Trinajstić information content (AvgIpc) is 3.03. The number of anilines is 1. The number of nitrogens with one attached hydrogen (secondary N) is 1. The molecule has 140 valence electrons. The number of nitrogens with zero attached hydrogens (tertiary/aromatic N) is 2. The molecule has 3 aromatic rings. The molecule has 0 bridgehead atoms. The Morgan fingerprint density at radius 2 is 1.81 bits per heavy atom. The van der Waals surface area contributed by atoms with Gasteiger partial charge in [-0.15, -0.1) is 0 Å². The number of hydrogen-bond acceptors (Lipinski definition) is 7. The lowest BCUT2D eigenvalue weighted by atomic mass is 10.1. The van der Waals surface area contributed by atoms with E-state index in [-0.39, 0.29) is 23.2 Å². The van der Waals surface area contributed by atoms with Crippen LogP contribution in [0.2, 0.25) is 0 Å². The lowest BCUT2D eigenvalue weighted by Gasteiger charge is -2.19. The minimum Gasteiger partial charge on any atom is -0.507 e. The Labute approximate surface area is 155 Å². The second-order valence-electron chi connectivity index (χ2n) is 6.80. The van der Waals surface area contributed by atoms with Gasteiger partial charge in [0.15, 0.2) is 0 Å². The molecular formula is C19H19N3O5. The predicted octanol–water partition coefficient (Wildman–Crippen LogP) is 4.16. The first-order chi connectivity index (χ1) is 12.7. The zero-order chi connectivity index (χ0) is 19.6. The molecule has 1 heterocycles. The second-order valence-corrected chi connectivity index (χ2v) is 6.80. The van der Waals surface area contributed by atoms with Gasteiger partial charge in [0, 0.05) is 11.8 Å². The van der Waals surface area contributed by atoms with E-state index in [1.807, 2.05) is 0 Å². The molecule has 0 aliphatic heterocycles. The molecule has 3 rings (SSSR count). The minimum atomic E-state index is -0.630. The Balaban J connectivity index is 1.81. The molecule has 0 aliphatic rings. The van der Waals surface area contributed by atoms with Gasteiger partial charge in [-0.05, 0) is 45.0 Å². The first kappa shape index (κ1) is 18.2. The zero-order valence-electron chi connectivity index (χ0n) is 15.1. The van der Waals surface area contributed by atoms with Crippen LogP contribution in [0, 0.1) is 0 Å². The topological polar surface area (TPSA) is 118 Å². The Kier molecular flexibility index (Phi) is 4.72. The van der Waals surface area contributed by atoms with Crippen molar-refractivity contribution in [1.82, 2.24) is 10.1 Å². The number of rotatable bonds is 3. The number of carbonyl (C=O) groups is 1. The molecule has 3 N–H and O–H groups in total. The maximum absolute atomic E-state index is 11.8. The molecular weight excluding hydrogens is 350 g/mol. The Morgan fingerprint density at radius 3 is 2.48 bits per heavy atom. The maximum Gasteiger partial charge on any atom is 0.412 e. The van der Waals surface area contributed by atoms with E-state index >= 15 is 0 Å². The summed E-state index contributed by atoms with van der Waals surface area (Å²) in [5.41, 5.74) is 0.426. The third kappa shape index (κ3) is 4.35. The number of amides is 1. The Bertz CT molecular complexity index is 975. The van der Waals surface area contributed by atoms with Crippen molar-refractivity contribution in [3.8, 4) is 34.3 Å². The van der Waals surface area contributed by atoms with Crippen LogP contribution in [-0.2, 0) is 4.74 Å². The number of phenols is 2. The molecule has 0 unspecified atom stereocenters. The van der Waals surface area contributed by atoms with Gasteiger partial charge in [-0.2, -0.15) is 4.98 Å². The summed E-state index contributed by atoms with van der Waals surface area (Å²) < 4.78 is 10.3. The summed E-state index contributed by atoms with van der Waals surface area (Å²) in [4.78, 5) is 16.0. The SMILES string of the molecule is CC(C)(C)OC(=O)Nc1ccc(-c2nc(-c3ccccc3O)no2)c(O)c1. The third-order valence-corrected chi connectivity index (χ3v) is 3.44. The summed E-state index contributed by atoms with van der Waals surface area (Å²) in [6, 6.07) is 11.0. The molecule has 0 radical (unpaired) electrons. The van der Waals surface area contributed by atoms with Crippen LogP contribution in [0.4, 0.5) is 10.5 Å². The van der Waals surface area contributed by atoms with E-state index in [9.17, 15) is 15.0 Å². The molecule has 0 spiro atoms. The number of aromatic hydroxyl groups is 2.